The molecule has 0 aliphatic heterocycles. The Morgan fingerprint density at radius 2 is 2.29 bits per heavy atom. The van der Waals surface area contributed by atoms with Crippen LogP contribution in [0.1, 0.15) is 35.4 Å². The second-order valence-electron chi connectivity index (χ2n) is 4.64. The van der Waals surface area contributed by atoms with E-state index in [1.54, 1.807) is 6.92 Å². The molecule has 0 radical (unpaired) electrons. The quantitative estimate of drug-likeness (QED) is 0.860. The SMILES string of the molecule is Cc1ncc(C(=O)O)c(N(C)CC2CCC2)n1. The molecule has 1 aliphatic rings. The first-order valence-corrected chi connectivity index (χ1v) is 5.86. The summed E-state index contributed by atoms with van der Waals surface area (Å²) in [4.78, 5) is 21.2. The zero-order valence-electron chi connectivity index (χ0n) is 10.2. The highest BCUT2D eigenvalue weighted by molar-refractivity contribution is 5.92. The molecule has 92 valence electrons. The number of nitrogens with zero attached hydrogens (tertiary/aromatic N) is 3. The van der Waals surface area contributed by atoms with E-state index in [4.69, 9.17) is 5.11 Å². The topological polar surface area (TPSA) is 66.3 Å². The zero-order valence-corrected chi connectivity index (χ0v) is 10.2. The van der Waals surface area contributed by atoms with Crippen LogP contribution in [0.2, 0.25) is 0 Å². The van der Waals surface area contributed by atoms with E-state index in [2.05, 4.69) is 9.97 Å². The van der Waals surface area contributed by atoms with Gasteiger partial charge in [-0.3, -0.25) is 0 Å². The van der Waals surface area contributed by atoms with Crippen LogP contribution in [-0.4, -0.2) is 34.6 Å². The monoisotopic (exact) mass is 235 g/mol. The Labute approximate surface area is 100 Å². The molecule has 1 aromatic rings. The normalized spacial score (nSPS) is 15.4. The summed E-state index contributed by atoms with van der Waals surface area (Å²) in [6, 6.07) is 0. The number of carboxylic acid groups (broad SMARTS) is 1. The first kappa shape index (κ1) is 11.8. The summed E-state index contributed by atoms with van der Waals surface area (Å²) >= 11 is 0. The van der Waals surface area contributed by atoms with Crippen LogP contribution in [0.3, 0.4) is 0 Å². The molecular formula is C12H17N3O2. The van der Waals surface area contributed by atoms with E-state index >= 15 is 0 Å². The Morgan fingerprint density at radius 3 is 2.82 bits per heavy atom. The highest BCUT2D eigenvalue weighted by atomic mass is 16.4. The van der Waals surface area contributed by atoms with Crippen molar-refractivity contribution in [3.63, 3.8) is 0 Å². The van der Waals surface area contributed by atoms with Gasteiger partial charge in [-0.25, -0.2) is 14.8 Å². The van der Waals surface area contributed by atoms with Gasteiger partial charge >= 0.3 is 5.97 Å². The third-order valence-electron chi connectivity index (χ3n) is 3.24. The first-order chi connectivity index (χ1) is 8.08. The molecule has 0 spiro atoms. The van der Waals surface area contributed by atoms with E-state index in [9.17, 15) is 4.79 Å². The van der Waals surface area contributed by atoms with E-state index in [-0.39, 0.29) is 5.56 Å². The largest absolute Gasteiger partial charge is 0.477 e. The van der Waals surface area contributed by atoms with Crippen LogP contribution in [-0.2, 0) is 0 Å². The Bertz CT molecular complexity index is 430. The average Bonchev–Trinajstić information content (AvgIpc) is 2.22. The molecule has 0 unspecified atom stereocenters. The van der Waals surface area contributed by atoms with Gasteiger partial charge in [0.05, 0.1) is 0 Å². The van der Waals surface area contributed by atoms with E-state index in [0.717, 1.165) is 6.54 Å². The summed E-state index contributed by atoms with van der Waals surface area (Å²) < 4.78 is 0. The third-order valence-corrected chi connectivity index (χ3v) is 3.24. The lowest BCUT2D eigenvalue weighted by molar-refractivity contribution is 0.0696. The van der Waals surface area contributed by atoms with Crippen molar-refractivity contribution >= 4 is 11.8 Å². The minimum atomic E-state index is -0.972. The molecular weight excluding hydrogens is 218 g/mol. The molecule has 1 aromatic heterocycles. The predicted molar refractivity (Wildman–Crippen MR) is 64.3 cm³/mol. The molecule has 1 saturated carbocycles. The van der Waals surface area contributed by atoms with Crippen molar-refractivity contribution in [1.29, 1.82) is 0 Å². The van der Waals surface area contributed by atoms with Crippen molar-refractivity contribution in [2.75, 3.05) is 18.5 Å². The fourth-order valence-electron chi connectivity index (χ4n) is 2.05. The van der Waals surface area contributed by atoms with Gasteiger partial charge in [0.2, 0.25) is 0 Å². The fraction of sp³-hybridized carbons (Fsp3) is 0.583. The average molecular weight is 235 g/mol. The molecule has 0 atom stereocenters. The number of anilines is 1. The third kappa shape index (κ3) is 2.54. The van der Waals surface area contributed by atoms with Gasteiger partial charge in [-0.05, 0) is 25.7 Å². The second-order valence-corrected chi connectivity index (χ2v) is 4.64. The van der Waals surface area contributed by atoms with Gasteiger partial charge in [0.15, 0.2) is 0 Å². The van der Waals surface area contributed by atoms with Crippen molar-refractivity contribution in [3.05, 3.63) is 17.6 Å². The summed E-state index contributed by atoms with van der Waals surface area (Å²) in [5, 5.41) is 9.10. The number of carbonyl (C=O) groups is 1. The molecule has 1 aliphatic carbocycles. The van der Waals surface area contributed by atoms with E-state index in [1.807, 2.05) is 11.9 Å². The molecule has 1 fully saturated rings. The number of aryl methyl sites for hydroxylation is 1. The number of carboxylic acids is 1. The lowest BCUT2D eigenvalue weighted by atomic mass is 9.85. The molecule has 1 heterocycles. The zero-order chi connectivity index (χ0) is 12.4. The van der Waals surface area contributed by atoms with Gasteiger partial charge in [0.25, 0.3) is 0 Å². The Balaban J connectivity index is 2.21. The van der Waals surface area contributed by atoms with Crippen molar-refractivity contribution in [3.8, 4) is 0 Å². The van der Waals surface area contributed by atoms with Gasteiger partial charge < -0.3 is 10.0 Å². The van der Waals surface area contributed by atoms with Crippen molar-refractivity contribution < 1.29 is 9.90 Å². The maximum Gasteiger partial charge on any atom is 0.341 e. The molecule has 2 rings (SSSR count). The second kappa shape index (κ2) is 4.69. The van der Waals surface area contributed by atoms with Gasteiger partial charge in [0, 0.05) is 19.8 Å². The summed E-state index contributed by atoms with van der Waals surface area (Å²) in [5.41, 5.74) is 0.178. The van der Waals surface area contributed by atoms with Crippen LogP contribution < -0.4 is 4.90 Å². The number of hydrogen-bond acceptors (Lipinski definition) is 4. The number of rotatable bonds is 4. The summed E-state index contributed by atoms with van der Waals surface area (Å²) in [5.74, 6) is 0.833. The Morgan fingerprint density at radius 1 is 1.59 bits per heavy atom. The summed E-state index contributed by atoms with van der Waals surface area (Å²) in [7, 11) is 1.90. The molecule has 0 saturated heterocycles. The first-order valence-electron chi connectivity index (χ1n) is 5.86. The molecule has 1 N–H and O–H groups in total. The van der Waals surface area contributed by atoms with Crippen molar-refractivity contribution in [2.24, 2.45) is 5.92 Å². The fourth-order valence-corrected chi connectivity index (χ4v) is 2.05. The van der Waals surface area contributed by atoms with Crippen LogP contribution in [0, 0.1) is 12.8 Å². The number of aromatic carboxylic acids is 1. The lowest BCUT2D eigenvalue weighted by Crippen LogP contribution is -2.31. The highest BCUT2D eigenvalue weighted by Crippen LogP contribution is 2.28. The van der Waals surface area contributed by atoms with Gasteiger partial charge in [0.1, 0.15) is 17.2 Å². The van der Waals surface area contributed by atoms with Crippen LogP contribution in [0.5, 0.6) is 0 Å². The molecule has 0 bridgehead atoms. The molecule has 5 nitrogen and oxygen atoms in total. The molecule has 0 aromatic carbocycles. The number of aromatic nitrogens is 2. The smallest absolute Gasteiger partial charge is 0.341 e. The molecule has 5 heteroatoms. The maximum absolute atomic E-state index is 11.1. The van der Waals surface area contributed by atoms with Crippen LogP contribution >= 0.6 is 0 Å². The van der Waals surface area contributed by atoms with Crippen molar-refractivity contribution in [2.45, 2.75) is 26.2 Å². The predicted octanol–water partition coefficient (Wildman–Crippen LogP) is 1.72. The van der Waals surface area contributed by atoms with Gasteiger partial charge in [-0.15, -0.1) is 0 Å². The molecule has 17 heavy (non-hydrogen) atoms. The van der Waals surface area contributed by atoms with Crippen molar-refractivity contribution in [1.82, 2.24) is 9.97 Å². The molecule has 0 amide bonds. The summed E-state index contributed by atoms with van der Waals surface area (Å²) in [6.45, 7) is 2.64. The van der Waals surface area contributed by atoms with Gasteiger partial charge in [-0.1, -0.05) is 6.42 Å². The van der Waals surface area contributed by atoms with E-state index < -0.39 is 5.97 Å². The van der Waals surface area contributed by atoms with Crippen LogP contribution in [0.15, 0.2) is 6.20 Å². The minimum Gasteiger partial charge on any atom is -0.477 e. The van der Waals surface area contributed by atoms with Crippen LogP contribution in [0.25, 0.3) is 0 Å². The van der Waals surface area contributed by atoms with E-state index in [1.165, 1.54) is 25.5 Å². The van der Waals surface area contributed by atoms with E-state index in [0.29, 0.717) is 17.6 Å². The minimum absolute atomic E-state index is 0.178. The van der Waals surface area contributed by atoms with Crippen LogP contribution in [0.4, 0.5) is 5.82 Å². The highest BCUT2D eigenvalue weighted by Gasteiger charge is 2.22. The van der Waals surface area contributed by atoms with Gasteiger partial charge in [-0.2, -0.15) is 0 Å². The maximum atomic E-state index is 11.1. The Hall–Kier alpha value is -1.65. The summed E-state index contributed by atoms with van der Waals surface area (Å²) in [6.07, 6.45) is 5.14. The standard InChI is InChI=1S/C12H17N3O2/c1-8-13-6-10(12(16)17)11(14-8)15(2)7-9-4-3-5-9/h6,9H,3-5,7H2,1-2H3,(H,16,17). The Kier molecular flexibility index (Phi) is 3.26. The number of hydrogen-bond donors (Lipinski definition) is 1. The lowest BCUT2D eigenvalue weighted by Gasteiger charge is -2.31.